The van der Waals surface area contributed by atoms with Crippen LogP contribution in [-0.4, -0.2) is 37.2 Å². The Kier molecular flexibility index (Phi) is 56.0. The van der Waals surface area contributed by atoms with E-state index in [1.165, 1.54) is 32.1 Å². The summed E-state index contributed by atoms with van der Waals surface area (Å²) in [5.74, 6) is -0.949. The highest BCUT2D eigenvalue weighted by Gasteiger charge is 2.19. The zero-order chi connectivity index (χ0) is 52.9. The third-order valence-corrected chi connectivity index (χ3v) is 11.8. The minimum absolute atomic E-state index is 0.0956. The first-order chi connectivity index (χ1) is 36.0. The standard InChI is InChI=1S/C67H106O6/c1-4-7-10-13-15-17-19-21-23-25-26-27-28-29-30-31-32-33-34-35-36-37-38-39-40-42-43-45-47-49-51-54-57-60-66(69)72-63-64(62-71-65(68)59-56-53-12-9-6-3)73-67(70)61-58-55-52-50-48-46-44-41-24-22-20-18-16-14-11-8-5-2/h7-8,10-11,15-18,21-24,26-27,29-30,32-33,35-36,38-39,44,46,64H,4-6,9,12-14,19-20,25,28,31,34,37,40-43,45,47-63H2,1-3H3/b10-7-,11-8-,17-15-,18-16-,23-21-,24-22-,27-26-,30-29-,33-32-,36-35-,39-38-,46-44-. The number of allylic oxidation sites excluding steroid dienone is 24. The molecule has 1 unspecified atom stereocenters. The average Bonchev–Trinajstić information content (AvgIpc) is 3.39. The van der Waals surface area contributed by atoms with Crippen LogP contribution >= 0.6 is 0 Å². The highest BCUT2D eigenvalue weighted by atomic mass is 16.6. The molecule has 0 spiro atoms. The molecule has 0 amide bonds. The molecule has 0 aromatic heterocycles. The molecular formula is C67H106O6. The van der Waals surface area contributed by atoms with Crippen molar-refractivity contribution in [2.75, 3.05) is 13.2 Å². The van der Waals surface area contributed by atoms with Gasteiger partial charge in [-0.25, -0.2) is 0 Å². The molecule has 0 saturated carbocycles. The summed E-state index contributed by atoms with van der Waals surface area (Å²) < 4.78 is 16.7. The van der Waals surface area contributed by atoms with E-state index in [4.69, 9.17) is 14.2 Å². The van der Waals surface area contributed by atoms with Crippen molar-refractivity contribution in [3.05, 3.63) is 146 Å². The second-order valence-corrected chi connectivity index (χ2v) is 18.8. The van der Waals surface area contributed by atoms with Gasteiger partial charge in [-0.05, 0) is 122 Å². The molecule has 0 heterocycles. The molecule has 6 nitrogen and oxygen atoms in total. The van der Waals surface area contributed by atoms with Crippen LogP contribution < -0.4 is 0 Å². The van der Waals surface area contributed by atoms with E-state index < -0.39 is 6.10 Å². The van der Waals surface area contributed by atoms with E-state index in [0.29, 0.717) is 19.3 Å². The number of hydrogen-bond acceptors (Lipinski definition) is 6. The number of unbranched alkanes of at least 4 members (excludes halogenated alkanes) is 16. The van der Waals surface area contributed by atoms with Gasteiger partial charge in [0, 0.05) is 19.3 Å². The van der Waals surface area contributed by atoms with E-state index in [1.807, 2.05) is 0 Å². The Morgan fingerprint density at radius 3 is 0.836 bits per heavy atom. The van der Waals surface area contributed by atoms with Crippen molar-refractivity contribution in [3.8, 4) is 0 Å². The lowest BCUT2D eigenvalue weighted by atomic mass is 10.1. The molecular weight excluding hydrogens is 901 g/mol. The number of esters is 3. The second-order valence-electron chi connectivity index (χ2n) is 18.8. The molecule has 0 saturated heterocycles. The third kappa shape index (κ3) is 58.1. The van der Waals surface area contributed by atoms with E-state index in [-0.39, 0.29) is 31.1 Å². The van der Waals surface area contributed by atoms with Crippen LogP contribution in [0.4, 0.5) is 0 Å². The molecule has 410 valence electrons. The maximum atomic E-state index is 12.8. The summed E-state index contributed by atoms with van der Waals surface area (Å²) in [5, 5.41) is 0. The molecule has 0 aliphatic rings. The first kappa shape index (κ1) is 68.3. The maximum Gasteiger partial charge on any atom is 0.306 e. The van der Waals surface area contributed by atoms with Gasteiger partial charge >= 0.3 is 17.9 Å². The first-order valence-corrected chi connectivity index (χ1v) is 29.3. The summed E-state index contributed by atoms with van der Waals surface area (Å²) in [7, 11) is 0. The quantitative estimate of drug-likeness (QED) is 0.0261. The summed E-state index contributed by atoms with van der Waals surface area (Å²) >= 11 is 0. The van der Waals surface area contributed by atoms with Crippen LogP contribution in [0.3, 0.4) is 0 Å². The van der Waals surface area contributed by atoms with E-state index in [0.717, 1.165) is 167 Å². The van der Waals surface area contributed by atoms with Crippen LogP contribution in [0.2, 0.25) is 0 Å². The molecule has 0 aromatic rings. The van der Waals surface area contributed by atoms with Crippen molar-refractivity contribution in [3.63, 3.8) is 0 Å². The molecule has 0 bridgehead atoms. The van der Waals surface area contributed by atoms with Crippen molar-refractivity contribution in [1.82, 2.24) is 0 Å². The molecule has 0 N–H and O–H groups in total. The van der Waals surface area contributed by atoms with E-state index >= 15 is 0 Å². The van der Waals surface area contributed by atoms with E-state index in [1.54, 1.807) is 0 Å². The monoisotopic (exact) mass is 1010 g/mol. The predicted octanol–water partition coefficient (Wildman–Crippen LogP) is 20.0. The van der Waals surface area contributed by atoms with Crippen LogP contribution in [0.1, 0.15) is 239 Å². The SMILES string of the molecule is CC/C=C\C/C=C\C/C=C\C/C=C\C/C=C\C/C=C\C/C=C\C/C=C\CCCCCCCCCCC(=O)OCC(COC(=O)CCCCCCC)OC(=O)CCCCCC/C=C\C/C=C\C/C=C\C/C=C\CC. The van der Waals surface area contributed by atoms with Crippen LogP contribution in [0.5, 0.6) is 0 Å². The summed E-state index contributed by atoms with van der Waals surface area (Å²) in [6.45, 7) is 6.28. The van der Waals surface area contributed by atoms with Crippen LogP contribution in [0.25, 0.3) is 0 Å². The topological polar surface area (TPSA) is 78.9 Å². The molecule has 0 aromatic carbocycles. The lowest BCUT2D eigenvalue weighted by Gasteiger charge is -2.18. The largest absolute Gasteiger partial charge is 0.462 e. The van der Waals surface area contributed by atoms with Gasteiger partial charge < -0.3 is 14.2 Å². The molecule has 0 rings (SSSR count). The van der Waals surface area contributed by atoms with Gasteiger partial charge in [0.05, 0.1) is 0 Å². The van der Waals surface area contributed by atoms with Gasteiger partial charge in [0.2, 0.25) is 0 Å². The van der Waals surface area contributed by atoms with E-state index in [9.17, 15) is 14.4 Å². The highest BCUT2D eigenvalue weighted by molar-refractivity contribution is 5.71. The van der Waals surface area contributed by atoms with Gasteiger partial charge in [-0.15, -0.1) is 0 Å². The number of carbonyl (C=O) groups excluding carboxylic acids is 3. The highest BCUT2D eigenvalue weighted by Crippen LogP contribution is 2.13. The smallest absolute Gasteiger partial charge is 0.306 e. The van der Waals surface area contributed by atoms with E-state index in [2.05, 4.69) is 167 Å². The summed E-state index contributed by atoms with van der Waals surface area (Å²) in [6, 6.07) is 0. The number of carbonyl (C=O) groups is 3. The fraction of sp³-hybridized carbons (Fsp3) is 0.597. The van der Waals surface area contributed by atoms with Crippen molar-refractivity contribution >= 4 is 17.9 Å². The fourth-order valence-electron chi connectivity index (χ4n) is 7.51. The third-order valence-electron chi connectivity index (χ3n) is 11.8. The van der Waals surface area contributed by atoms with Crippen LogP contribution in [0.15, 0.2) is 146 Å². The average molecular weight is 1010 g/mol. The Bertz CT molecular complexity index is 1630. The second kappa shape index (κ2) is 59.8. The zero-order valence-electron chi connectivity index (χ0n) is 46.8. The van der Waals surface area contributed by atoms with Crippen molar-refractivity contribution in [2.45, 2.75) is 245 Å². The Hall–Kier alpha value is -4.71. The van der Waals surface area contributed by atoms with Crippen molar-refractivity contribution < 1.29 is 28.6 Å². The summed E-state index contributed by atoms with van der Waals surface area (Å²) in [4.78, 5) is 37.8. The van der Waals surface area contributed by atoms with Gasteiger partial charge in [-0.1, -0.05) is 244 Å². The lowest BCUT2D eigenvalue weighted by molar-refractivity contribution is -0.167. The van der Waals surface area contributed by atoms with Crippen molar-refractivity contribution in [2.24, 2.45) is 0 Å². The predicted molar refractivity (Wildman–Crippen MR) is 315 cm³/mol. The minimum Gasteiger partial charge on any atom is -0.462 e. The van der Waals surface area contributed by atoms with Gasteiger partial charge in [-0.3, -0.25) is 14.4 Å². The Morgan fingerprint density at radius 2 is 0.534 bits per heavy atom. The minimum atomic E-state index is -0.796. The Balaban J connectivity index is 4.13. The van der Waals surface area contributed by atoms with Gasteiger partial charge in [0.25, 0.3) is 0 Å². The lowest BCUT2D eigenvalue weighted by Crippen LogP contribution is -2.30. The number of ether oxygens (including phenoxy) is 3. The molecule has 0 aliphatic carbocycles. The normalized spacial score (nSPS) is 13.2. The van der Waals surface area contributed by atoms with Gasteiger partial charge in [0.15, 0.2) is 6.10 Å². The van der Waals surface area contributed by atoms with Crippen LogP contribution in [0, 0.1) is 0 Å². The Labute approximate surface area is 448 Å². The van der Waals surface area contributed by atoms with Crippen LogP contribution in [-0.2, 0) is 28.6 Å². The molecule has 6 heteroatoms. The van der Waals surface area contributed by atoms with Gasteiger partial charge in [-0.2, -0.15) is 0 Å². The number of hydrogen-bond donors (Lipinski definition) is 0. The molecule has 0 aliphatic heterocycles. The van der Waals surface area contributed by atoms with Gasteiger partial charge in [0.1, 0.15) is 13.2 Å². The zero-order valence-corrected chi connectivity index (χ0v) is 46.8. The summed E-state index contributed by atoms with van der Waals surface area (Å²) in [6.07, 6.45) is 86.0. The molecule has 0 radical (unpaired) electrons. The maximum absolute atomic E-state index is 12.8. The molecule has 73 heavy (non-hydrogen) atoms. The summed E-state index contributed by atoms with van der Waals surface area (Å²) in [5.41, 5.74) is 0. The fourth-order valence-corrected chi connectivity index (χ4v) is 7.51. The first-order valence-electron chi connectivity index (χ1n) is 29.3. The molecule has 1 atom stereocenters. The number of rotatable bonds is 51. The molecule has 0 fully saturated rings. The van der Waals surface area contributed by atoms with Crippen molar-refractivity contribution in [1.29, 1.82) is 0 Å². The Morgan fingerprint density at radius 1 is 0.288 bits per heavy atom.